The lowest BCUT2D eigenvalue weighted by Crippen LogP contribution is -2.20. The fraction of sp³-hybridized carbons (Fsp3) is 0.0870. The molecule has 8 heteroatoms. The number of nitrogens with one attached hydrogen (secondary N) is 2. The van der Waals surface area contributed by atoms with Gasteiger partial charge in [0.1, 0.15) is 4.32 Å². The third kappa shape index (κ3) is 5.04. The molecular formula is C23H18N2O4S2. The van der Waals surface area contributed by atoms with Crippen LogP contribution in [-0.2, 0) is 9.59 Å². The fourth-order valence-electron chi connectivity index (χ4n) is 3.07. The Morgan fingerprint density at radius 3 is 2.65 bits per heavy atom. The highest BCUT2D eigenvalue weighted by Gasteiger charge is 2.22. The molecule has 2 N–H and O–H groups in total. The zero-order valence-corrected chi connectivity index (χ0v) is 18.1. The summed E-state index contributed by atoms with van der Waals surface area (Å²) in [6.45, 7) is -0.170. The zero-order chi connectivity index (χ0) is 21.8. The highest BCUT2D eigenvalue weighted by molar-refractivity contribution is 8.26. The highest BCUT2D eigenvalue weighted by atomic mass is 32.2. The van der Waals surface area contributed by atoms with Gasteiger partial charge in [0.05, 0.1) is 12.0 Å². The molecular weight excluding hydrogens is 432 g/mol. The number of hydrogen-bond donors (Lipinski definition) is 2. The molecule has 1 aliphatic heterocycles. The summed E-state index contributed by atoms with van der Waals surface area (Å²) in [7, 11) is 1.51. The van der Waals surface area contributed by atoms with Crippen LogP contribution >= 0.6 is 24.0 Å². The van der Waals surface area contributed by atoms with Crippen molar-refractivity contribution in [2.24, 2.45) is 0 Å². The Morgan fingerprint density at radius 1 is 1.10 bits per heavy atom. The quantitative estimate of drug-likeness (QED) is 0.429. The van der Waals surface area contributed by atoms with Gasteiger partial charge in [0, 0.05) is 5.69 Å². The number of thiocarbonyl (C=S) groups is 1. The lowest BCUT2D eigenvalue weighted by Gasteiger charge is -2.12. The number of thioether (sulfide) groups is 1. The van der Waals surface area contributed by atoms with Crippen molar-refractivity contribution in [2.45, 2.75) is 0 Å². The lowest BCUT2D eigenvalue weighted by molar-refractivity contribution is -0.118. The van der Waals surface area contributed by atoms with E-state index in [0.717, 1.165) is 16.3 Å². The van der Waals surface area contributed by atoms with E-state index < -0.39 is 0 Å². The molecule has 2 amide bonds. The Hall–Kier alpha value is -3.36. The maximum absolute atomic E-state index is 12.3. The van der Waals surface area contributed by atoms with E-state index in [2.05, 4.69) is 10.6 Å². The topological polar surface area (TPSA) is 76.7 Å². The SMILES string of the molecule is COc1cc(/C=C2\SC(=S)NC2=O)ccc1OCC(=O)Nc1ccc2ccccc2c1. The maximum atomic E-state index is 12.3. The minimum Gasteiger partial charge on any atom is -0.493 e. The van der Waals surface area contributed by atoms with Crippen molar-refractivity contribution < 1.29 is 19.1 Å². The number of anilines is 1. The van der Waals surface area contributed by atoms with Crippen molar-refractivity contribution in [1.29, 1.82) is 0 Å². The maximum Gasteiger partial charge on any atom is 0.263 e. The molecule has 0 aromatic heterocycles. The molecule has 0 atom stereocenters. The number of rotatable bonds is 6. The predicted molar refractivity (Wildman–Crippen MR) is 127 cm³/mol. The van der Waals surface area contributed by atoms with Crippen LogP contribution in [0.1, 0.15) is 5.56 Å². The molecule has 1 aliphatic rings. The highest BCUT2D eigenvalue weighted by Crippen LogP contribution is 2.31. The largest absolute Gasteiger partial charge is 0.493 e. The Morgan fingerprint density at radius 2 is 1.90 bits per heavy atom. The molecule has 156 valence electrons. The summed E-state index contributed by atoms with van der Waals surface area (Å²) < 4.78 is 11.5. The van der Waals surface area contributed by atoms with Gasteiger partial charge in [0.15, 0.2) is 18.1 Å². The molecule has 1 heterocycles. The average Bonchev–Trinajstić information content (AvgIpc) is 3.09. The number of hydrogen-bond acceptors (Lipinski definition) is 6. The molecule has 4 rings (SSSR count). The van der Waals surface area contributed by atoms with Gasteiger partial charge in [-0.2, -0.15) is 0 Å². The standard InChI is InChI=1S/C23H18N2O4S2/c1-28-19-10-14(11-20-22(27)25-23(30)31-20)6-9-18(19)29-13-21(26)24-17-8-7-15-4-2-3-5-16(15)12-17/h2-12H,13H2,1H3,(H,24,26)(H,25,27,30)/b20-11-. The third-order valence-corrected chi connectivity index (χ3v) is 5.68. The Kier molecular flexibility index (Phi) is 6.20. The van der Waals surface area contributed by atoms with Crippen LogP contribution < -0.4 is 20.1 Å². The van der Waals surface area contributed by atoms with Crippen LogP contribution in [0.4, 0.5) is 5.69 Å². The van der Waals surface area contributed by atoms with E-state index in [-0.39, 0.29) is 18.4 Å². The Labute approximate surface area is 188 Å². The third-order valence-electron chi connectivity index (χ3n) is 4.52. The predicted octanol–water partition coefficient (Wildman–Crippen LogP) is 4.35. The molecule has 0 unspecified atom stereocenters. The van der Waals surface area contributed by atoms with Gasteiger partial charge in [-0.05, 0) is 46.7 Å². The van der Waals surface area contributed by atoms with Gasteiger partial charge in [-0.1, -0.05) is 60.4 Å². The van der Waals surface area contributed by atoms with Crippen LogP contribution in [0.2, 0.25) is 0 Å². The summed E-state index contributed by atoms with van der Waals surface area (Å²) in [6, 6.07) is 18.9. The van der Waals surface area contributed by atoms with Gasteiger partial charge < -0.3 is 20.1 Å². The van der Waals surface area contributed by atoms with Gasteiger partial charge in [0.2, 0.25) is 0 Å². The molecule has 3 aromatic rings. The zero-order valence-electron chi connectivity index (χ0n) is 16.5. The van der Waals surface area contributed by atoms with Crippen LogP contribution in [0.3, 0.4) is 0 Å². The summed E-state index contributed by atoms with van der Waals surface area (Å²) in [5, 5.41) is 7.56. The van der Waals surface area contributed by atoms with Crippen LogP contribution in [0, 0.1) is 0 Å². The number of fused-ring (bicyclic) bond motifs is 1. The molecule has 6 nitrogen and oxygen atoms in total. The first kappa shape index (κ1) is 20.9. The second-order valence-corrected chi connectivity index (χ2v) is 8.38. The van der Waals surface area contributed by atoms with Crippen LogP contribution in [-0.4, -0.2) is 29.9 Å². The molecule has 0 saturated carbocycles. The van der Waals surface area contributed by atoms with Crippen molar-refractivity contribution >= 4 is 62.7 Å². The van der Waals surface area contributed by atoms with Crippen molar-refractivity contribution in [1.82, 2.24) is 5.32 Å². The summed E-state index contributed by atoms with van der Waals surface area (Å²) >= 11 is 6.20. The number of carbonyl (C=O) groups excluding carboxylic acids is 2. The lowest BCUT2D eigenvalue weighted by atomic mass is 10.1. The number of ether oxygens (including phenoxy) is 2. The molecule has 0 aliphatic carbocycles. The van der Waals surface area contributed by atoms with E-state index in [1.165, 1.54) is 18.9 Å². The molecule has 1 fully saturated rings. The minimum atomic E-state index is -0.281. The van der Waals surface area contributed by atoms with Gasteiger partial charge in [-0.3, -0.25) is 9.59 Å². The molecule has 3 aromatic carbocycles. The van der Waals surface area contributed by atoms with E-state index >= 15 is 0 Å². The van der Waals surface area contributed by atoms with Gasteiger partial charge in [-0.15, -0.1) is 0 Å². The molecule has 0 radical (unpaired) electrons. The number of benzene rings is 3. The average molecular weight is 451 g/mol. The van der Waals surface area contributed by atoms with E-state index in [1.807, 2.05) is 42.5 Å². The van der Waals surface area contributed by atoms with Crippen molar-refractivity contribution in [2.75, 3.05) is 19.0 Å². The van der Waals surface area contributed by atoms with Gasteiger partial charge in [-0.25, -0.2) is 0 Å². The van der Waals surface area contributed by atoms with Crippen LogP contribution in [0.25, 0.3) is 16.8 Å². The van der Waals surface area contributed by atoms with E-state index in [0.29, 0.717) is 26.4 Å². The summed E-state index contributed by atoms with van der Waals surface area (Å²) in [5.74, 6) is 0.381. The monoisotopic (exact) mass is 450 g/mol. The van der Waals surface area contributed by atoms with E-state index in [1.54, 1.807) is 24.3 Å². The second-order valence-electron chi connectivity index (χ2n) is 6.66. The molecule has 0 spiro atoms. The van der Waals surface area contributed by atoms with Crippen LogP contribution in [0.5, 0.6) is 11.5 Å². The number of methoxy groups -OCH3 is 1. The molecule has 1 saturated heterocycles. The summed E-state index contributed by atoms with van der Waals surface area (Å²) in [4.78, 5) is 24.7. The molecule has 0 bridgehead atoms. The van der Waals surface area contributed by atoms with Crippen molar-refractivity contribution in [3.05, 3.63) is 71.1 Å². The van der Waals surface area contributed by atoms with Crippen molar-refractivity contribution in [3.8, 4) is 11.5 Å². The smallest absolute Gasteiger partial charge is 0.263 e. The number of carbonyl (C=O) groups is 2. The number of amides is 2. The minimum absolute atomic E-state index is 0.170. The van der Waals surface area contributed by atoms with E-state index in [4.69, 9.17) is 21.7 Å². The fourth-order valence-corrected chi connectivity index (χ4v) is 4.12. The first-order valence-corrected chi connectivity index (χ1v) is 10.6. The normalized spacial score (nSPS) is 14.5. The Bertz CT molecular complexity index is 1220. The first-order valence-electron chi connectivity index (χ1n) is 9.36. The summed E-state index contributed by atoms with van der Waals surface area (Å²) in [6.07, 6.45) is 1.72. The second kappa shape index (κ2) is 9.20. The van der Waals surface area contributed by atoms with Gasteiger partial charge in [0.25, 0.3) is 11.8 Å². The Balaban J connectivity index is 1.41. The van der Waals surface area contributed by atoms with E-state index in [9.17, 15) is 9.59 Å². The van der Waals surface area contributed by atoms with Gasteiger partial charge >= 0.3 is 0 Å². The van der Waals surface area contributed by atoms with Crippen molar-refractivity contribution in [3.63, 3.8) is 0 Å². The summed E-state index contributed by atoms with van der Waals surface area (Å²) in [5.41, 5.74) is 1.46. The first-order chi connectivity index (χ1) is 15.0. The van der Waals surface area contributed by atoms with Crippen LogP contribution in [0.15, 0.2) is 65.6 Å². The molecule has 31 heavy (non-hydrogen) atoms.